The van der Waals surface area contributed by atoms with Gasteiger partial charge in [0.15, 0.2) is 6.10 Å². The standard InChI is InChI=1S/C20H19Cl2NO4/c1-11-4-5-12(2)16(8-11)19(25)13(3)27-18(24)10-23-20(26)15-7-6-14(21)9-17(15)22/h4-9,13H,10H2,1-3H3,(H,23,26)/t13-/m1/s1. The molecule has 0 aliphatic heterocycles. The molecule has 0 aliphatic carbocycles. The van der Waals surface area contributed by atoms with E-state index in [2.05, 4.69) is 5.32 Å². The second kappa shape index (κ2) is 9.02. The Morgan fingerprint density at radius 2 is 1.74 bits per heavy atom. The number of rotatable bonds is 6. The topological polar surface area (TPSA) is 72.5 Å². The minimum atomic E-state index is -0.964. The van der Waals surface area contributed by atoms with Crippen LogP contribution in [0.5, 0.6) is 0 Å². The van der Waals surface area contributed by atoms with Gasteiger partial charge in [-0.1, -0.05) is 40.9 Å². The molecule has 0 heterocycles. The van der Waals surface area contributed by atoms with Gasteiger partial charge in [-0.15, -0.1) is 0 Å². The van der Waals surface area contributed by atoms with Crippen LogP contribution in [0.2, 0.25) is 10.0 Å². The number of aryl methyl sites for hydroxylation is 2. The summed E-state index contributed by atoms with van der Waals surface area (Å²) in [6.45, 7) is 4.81. The quantitative estimate of drug-likeness (QED) is 0.576. The smallest absolute Gasteiger partial charge is 0.326 e. The summed E-state index contributed by atoms with van der Waals surface area (Å²) < 4.78 is 5.14. The molecule has 0 aliphatic rings. The molecule has 1 atom stereocenters. The summed E-state index contributed by atoms with van der Waals surface area (Å²) in [5.74, 6) is -1.56. The summed E-state index contributed by atoms with van der Waals surface area (Å²) in [4.78, 5) is 36.6. The van der Waals surface area contributed by atoms with Crippen molar-refractivity contribution in [2.45, 2.75) is 26.9 Å². The van der Waals surface area contributed by atoms with Gasteiger partial charge < -0.3 is 10.1 Å². The number of halogens is 2. The van der Waals surface area contributed by atoms with Gasteiger partial charge in [0.1, 0.15) is 6.54 Å². The van der Waals surface area contributed by atoms with Crippen molar-refractivity contribution in [3.63, 3.8) is 0 Å². The van der Waals surface area contributed by atoms with Crippen molar-refractivity contribution >= 4 is 40.9 Å². The molecule has 27 heavy (non-hydrogen) atoms. The number of carbonyl (C=O) groups is 3. The van der Waals surface area contributed by atoms with Crippen LogP contribution in [-0.2, 0) is 9.53 Å². The van der Waals surface area contributed by atoms with E-state index in [0.29, 0.717) is 10.6 Å². The van der Waals surface area contributed by atoms with E-state index in [9.17, 15) is 14.4 Å². The first kappa shape index (κ1) is 20.9. The maximum Gasteiger partial charge on any atom is 0.326 e. The Morgan fingerprint density at radius 3 is 2.41 bits per heavy atom. The van der Waals surface area contributed by atoms with Crippen LogP contribution in [0.3, 0.4) is 0 Å². The number of ketones is 1. The third-order valence-electron chi connectivity index (χ3n) is 3.91. The van der Waals surface area contributed by atoms with Gasteiger partial charge in [-0.3, -0.25) is 14.4 Å². The van der Waals surface area contributed by atoms with E-state index in [0.717, 1.165) is 11.1 Å². The molecule has 7 heteroatoms. The van der Waals surface area contributed by atoms with Gasteiger partial charge in [-0.2, -0.15) is 0 Å². The average molecular weight is 408 g/mol. The van der Waals surface area contributed by atoms with Crippen LogP contribution in [0, 0.1) is 13.8 Å². The molecule has 0 aromatic heterocycles. The Morgan fingerprint density at radius 1 is 1.04 bits per heavy atom. The number of hydrogen-bond donors (Lipinski definition) is 1. The molecule has 0 spiro atoms. The average Bonchev–Trinajstić information content (AvgIpc) is 2.61. The second-order valence-electron chi connectivity index (χ2n) is 6.12. The van der Waals surface area contributed by atoms with Crippen LogP contribution < -0.4 is 5.32 Å². The number of nitrogens with one attached hydrogen (secondary N) is 1. The summed E-state index contributed by atoms with van der Waals surface area (Å²) in [6, 6.07) is 9.91. The predicted molar refractivity (Wildman–Crippen MR) is 105 cm³/mol. The van der Waals surface area contributed by atoms with Crippen LogP contribution in [0.15, 0.2) is 36.4 Å². The molecule has 2 aromatic rings. The lowest BCUT2D eigenvalue weighted by molar-refractivity contribution is -0.145. The summed E-state index contributed by atoms with van der Waals surface area (Å²) in [7, 11) is 0. The van der Waals surface area contributed by atoms with Crippen LogP contribution in [0.1, 0.15) is 38.8 Å². The lowest BCUT2D eigenvalue weighted by Gasteiger charge is -2.14. The number of amides is 1. The molecule has 0 saturated carbocycles. The van der Waals surface area contributed by atoms with E-state index in [4.69, 9.17) is 27.9 Å². The van der Waals surface area contributed by atoms with Crippen LogP contribution in [-0.4, -0.2) is 30.3 Å². The molecule has 1 N–H and O–H groups in total. The zero-order valence-electron chi connectivity index (χ0n) is 15.1. The van der Waals surface area contributed by atoms with Crippen molar-refractivity contribution in [1.29, 1.82) is 0 Å². The zero-order chi connectivity index (χ0) is 20.1. The summed E-state index contributed by atoms with van der Waals surface area (Å²) >= 11 is 11.7. The van der Waals surface area contributed by atoms with Gasteiger partial charge in [0.05, 0.1) is 10.6 Å². The van der Waals surface area contributed by atoms with Crippen molar-refractivity contribution in [2.75, 3.05) is 6.54 Å². The Kier molecular flexibility index (Phi) is 6.99. The van der Waals surface area contributed by atoms with Crippen molar-refractivity contribution in [3.8, 4) is 0 Å². The van der Waals surface area contributed by atoms with Crippen LogP contribution >= 0.6 is 23.2 Å². The fourth-order valence-corrected chi connectivity index (χ4v) is 2.93. The second-order valence-corrected chi connectivity index (χ2v) is 6.97. The lowest BCUT2D eigenvalue weighted by Crippen LogP contribution is -2.34. The number of ether oxygens (including phenoxy) is 1. The highest BCUT2D eigenvalue weighted by atomic mass is 35.5. The normalized spacial score (nSPS) is 11.6. The number of esters is 1. The van der Waals surface area contributed by atoms with Crippen molar-refractivity contribution < 1.29 is 19.1 Å². The minimum Gasteiger partial charge on any atom is -0.453 e. The lowest BCUT2D eigenvalue weighted by atomic mass is 9.99. The van der Waals surface area contributed by atoms with Crippen LogP contribution in [0.25, 0.3) is 0 Å². The third-order valence-corrected chi connectivity index (χ3v) is 4.45. The van der Waals surface area contributed by atoms with E-state index in [1.165, 1.54) is 25.1 Å². The minimum absolute atomic E-state index is 0.173. The Balaban J connectivity index is 1.93. The van der Waals surface area contributed by atoms with Crippen molar-refractivity contribution in [2.24, 2.45) is 0 Å². The largest absolute Gasteiger partial charge is 0.453 e. The fraction of sp³-hybridized carbons (Fsp3) is 0.250. The van der Waals surface area contributed by atoms with Gasteiger partial charge in [0, 0.05) is 10.6 Å². The summed E-state index contributed by atoms with van der Waals surface area (Å²) in [5.41, 5.74) is 2.44. The van der Waals surface area contributed by atoms with E-state index < -0.39 is 18.0 Å². The molecular weight excluding hydrogens is 389 g/mol. The van der Waals surface area contributed by atoms with Gasteiger partial charge in [0.25, 0.3) is 5.91 Å². The van der Waals surface area contributed by atoms with E-state index >= 15 is 0 Å². The maximum atomic E-state index is 12.5. The highest BCUT2D eigenvalue weighted by Gasteiger charge is 2.21. The van der Waals surface area contributed by atoms with Gasteiger partial charge in [0.2, 0.25) is 5.78 Å². The van der Waals surface area contributed by atoms with Gasteiger partial charge in [-0.05, 0) is 50.6 Å². The number of benzene rings is 2. The molecule has 2 aromatic carbocycles. The molecule has 0 radical (unpaired) electrons. The molecule has 0 unspecified atom stereocenters. The van der Waals surface area contributed by atoms with E-state index in [-0.39, 0.29) is 22.9 Å². The fourth-order valence-electron chi connectivity index (χ4n) is 2.43. The molecular formula is C20H19Cl2NO4. The van der Waals surface area contributed by atoms with Crippen LogP contribution in [0.4, 0.5) is 0 Å². The zero-order valence-corrected chi connectivity index (χ0v) is 16.6. The Bertz CT molecular complexity index is 896. The maximum absolute atomic E-state index is 12.5. The highest BCUT2D eigenvalue weighted by molar-refractivity contribution is 6.36. The molecule has 0 saturated heterocycles. The van der Waals surface area contributed by atoms with Gasteiger partial charge in [-0.25, -0.2) is 0 Å². The van der Waals surface area contributed by atoms with Crippen molar-refractivity contribution in [3.05, 3.63) is 68.7 Å². The molecule has 1 amide bonds. The molecule has 0 bridgehead atoms. The molecule has 2 rings (SSSR count). The Labute approximate surface area is 167 Å². The number of hydrogen-bond acceptors (Lipinski definition) is 4. The highest BCUT2D eigenvalue weighted by Crippen LogP contribution is 2.20. The monoisotopic (exact) mass is 407 g/mol. The molecule has 0 fully saturated rings. The summed E-state index contributed by atoms with van der Waals surface area (Å²) in [6.07, 6.45) is -0.964. The molecule has 142 valence electrons. The number of Topliss-reactive ketones (excluding diaryl/α,β-unsaturated/α-hetero) is 1. The van der Waals surface area contributed by atoms with E-state index in [1.807, 2.05) is 26.0 Å². The first-order chi connectivity index (χ1) is 12.7. The van der Waals surface area contributed by atoms with Gasteiger partial charge >= 0.3 is 5.97 Å². The number of carbonyl (C=O) groups excluding carboxylic acids is 3. The Hall–Kier alpha value is -2.37. The summed E-state index contributed by atoms with van der Waals surface area (Å²) in [5, 5.41) is 2.98. The van der Waals surface area contributed by atoms with E-state index in [1.54, 1.807) is 6.07 Å². The molecule has 5 nitrogen and oxygen atoms in total. The SMILES string of the molecule is Cc1ccc(C)c(C(=O)[C@@H](C)OC(=O)CNC(=O)c2ccc(Cl)cc2Cl)c1. The first-order valence-corrected chi connectivity index (χ1v) is 8.99. The van der Waals surface area contributed by atoms with Crippen molar-refractivity contribution in [1.82, 2.24) is 5.32 Å². The third kappa shape index (κ3) is 5.55. The predicted octanol–water partition coefficient (Wildman–Crippen LogP) is 4.15. The first-order valence-electron chi connectivity index (χ1n) is 8.23.